The number of halogens is 1. The number of carbonyl (C=O) groups is 1. The van der Waals surface area contributed by atoms with Crippen LogP contribution >= 0.6 is 22.9 Å². The van der Waals surface area contributed by atoms with Crippen LogP contribution in [-0.2, 0) is 4.74 Å². The number of hydrogen-bond donors (Lipinski definition) is 0. The van der Waals surface area contributed by atoms with Gasteiger partial charge in [0.15, 0.2) is 0 Å². The summed E-state index contributed by atoms with van der Waals surface area (Å²) in [5.41, 5.74) is -0.297. The van der Waals surface area contributed by atoms with Crippen molar-refractivity contribution in [2.45, 2.75) is 19.4 Å². The second-order valence-corrected chi connectivity index (χ2v) is 6.99. The minimum absolute atomic E-state index is 0.00417. The van der Waals surface area contributed by atoms with E-state index < -0.39 is 0 Å². The molecule has 20 heavy (non-hydrogen) atoms. The molecule has 2 heterocycles. The molecule has 1 aliphatic heterocycles. The van der Waals surface area contributed by atoms with E-state index in [1.807, 2.05) is 43.0 Å². The van der Waals surface area contributed by atoms with E-state index in [0.29, 0.717) is 29.7 Å². The van der Waals surface area contributed by atoms with Gasteiger partial charge in [-0.3, -0.25) is 4.79 Å². The molecule has 5 heteroatoms. The quantitative estimate of drug-likeness (QED) is 0.802. The van der Waals surface area contributed by atoms with E-state index in [0.717, 1.165) is 10.1 Å². The summed E-state index contributed by atoms with van der Waals surface area (Å²) in [6, 6.07) is 7.85. The average molecular weight is 310 g/mol. The van der Waals surface area contributed by atoms with Crippen LogP contribution in [0.5, 0.6) is 0 Å². The number of benzene rings is 1. The highest BCUT2D eigenvalue weighted by Crippen LogP contribution is 2.37. The first-order chi connectivity index (χ1) is 9.50. The third-order valence-corrected chi connectivity index (χ3v) is 5.28. The molecule has 1 aromatic heterocycles. The number of thiophene rings is 1. The summed E-state index contributed by atoms with van der Waals surface area (Å²) in [6.07, 6.45) is 0. The Labute approximate surface area is 127 Å². The van der Waals surface area contributed by atoms with E-state index in [1.54, 1.807) is 0 Å². The Bertz CT molecular complexity index is 665. The maximum absolute atomic E-state index is 12.8. The lowest BCUT2D eigenvalue weighted by Crippen LogP contribution is -2.55. The zero-order chi connectivity index (χ0) is 14.3. The molecule has 1 saturated heterocycles. The summed E-state index contributed by atoms with van der Waals surface area (Å²) in [5, 5.41) is 1.52. The summed E-state index contributed by atoms with van der Waals surface area (Å²) in [7, 11) is 0. The zero-order valence-corrected chi connectivity index (χ0v) is 13.1. The normalized spacial score (nSPS) is 18.4. The molecule has 2 aromatic rings. The van der Waals surface area contributed by atoms with Crippen molar-refractivity contribution in [3.8, 4) is 0 Å². The number of nitrogens with zero attached hydrogens (tertiary/aromatic N) is 1. The number of hydrogen-bond acceptors (Lipinski definition) is 3. The number of fused-ring (bicyclic) bond motifs is 1. The lowest BCUT2D eigenvalue weighted by atomic mass is 10.0. The van der Waals surface area contributed by atoms with Crippen LogP contribution in [0.15, 0.2) is 24.3 Å². The number of amides is 1. The lowest BCUT2D eigenvalue weighted by molar-refractivity contribution is -0.0368. The average Bonchev–Trinajstić information content (AvgIpc) is 2.76. The van der Waals surface area contributed by atoms with Gasteiger partial charge in [-0.05, 0) is 19.9 Å². The van der Waals surface area contributed by atoms with Crippen LogP contribution in [0, 0.1) is 0 Å². The van der Waals surface area contributed by atoms with Gasteiger partial charge in [0, 0.05) is 16.6 Å². The van der Waals surface area contributed by atoms with Gasteiger partial charge >= 0.3 is 0 Å². The predicted octanol–water partition coefficient (Wildman–Crippen LogP) is 3.81. The molecule has 1 aromatic carbocycles. The van der Waals surface area contributed by atoms with Gasteiger partial charge in [0.2, 0.25) is 0 Å². The van der Waals surface area contributed by atoms with Crippen molar-refractivity contribution in [1.29, 1.82) is 0 Å². The van der Waals surface area contributed by atoms with Gasteiger partial charge in [0.05, 0.1) is 23.8 Å². The van der Waals surface area contributed by atoms with Crippen molar-refractivity contribution < 1.29 is 9.53 Å². The summed E-state index contributed by atoms with van der Waals surface area (Å²) < 4.78 is 6.51. The molecule has 3 rings (SSSR count). The first kappa shape index (κ1) is 13.9. The number of morpholine rings is 1. The van der Waals surface area contributed by atoms with E-state index in [2.05, 4.69) is 0 Å². The zero-order valence-electron chi connectivity index (χ0n) is 11.5. The first-order valence-corrected chi connectivity index (χ1v) is 7.77. The predicted molar refractivity (Wildman–Crippen MR) is 82.8 cm³/mol. The maximum Gasteiger partial charge on any atom is 0.266 e. The van der Waals surface area contributed by atoms with Crippen molar-refractivity contribution in [3.63, 3.8) is 0 Å². The van der Waals surface area contributed by atoms with Crippen molar-refractivity contribution in [3.05, 3.63) is 34.2 Å². The van der Waals surface area contributed by atoms with Gasteiger partial charge in [-0.2, -0.15) is 0 Å². The fourth-order valence-electron chi connectivity index (χ4n) is 2.51. The van der Waals surface area contributed by atoms with E-state index in [1.165, 1.54) is 11.3 Å². The van der Waals surface area contributed by atoms with Crippen molar-refractivity contribution in [1.82, 2.24) is 4.90 Å². The summed E-state index contributed by atoms with van der Waals surface area (Å²) in [6.45, 7) is 5.78. The molecule has 3 nitrogen and oxygen atoms in total. The molecule has 106 valence electrons. The number of ether oxygens (including phenoxy) is 1. The fraction of sp³-hybridized carbons (Fsp3) is 0.400. The molecule has 1 aliphatic rings. The minimum Gasteiger partial charge on any atom is -0.377 e. The van der Waals surface area contributed by atoms with Gasteiger partial charge in [-0.25, -0.2) is 0 Å². The van der Waals surface area contributed by atoms with Gasteiger partial charge in [-0.15, -0.1) is 11.3 Å². The van der Waals surface area contributed by atoms with Crippen LogP contribution in [-0.4, -0.2) is 36.1 Å². The van der Waals surface area contributed by atoms with Crippen LogP contribution in [0.4, 0.5) is 0 Å². The van der Waals surface area contributed by atoms with E-state index in [4.69, 9.17) is 16.3 Å². The Hall–Kier alpha value is -1.10. The maximum atomic E-state index is 12.8. The summed E-state index contributed by atoms with van der Waals surface area (Å²) in [5.74, 6) is 0.00417. The Balaban J connectivity index is 2.02. The largest absolute Gasteiger partial charge is 0.377 e. The summed E-state index contributed by atoms with van der Waals surface area (Å²) in [4.78, 5) is 15.3. The van der Waals surface area contributed by atoms with Gasteiger partial charge in [-0.1, -0.05) is 29.8 Å². The van der Waals surface area contributed by atoms with Gasteiger partial charge < -0.3 is 9.64 Å². The third-order valence-electron chi connectivity index (χ3n) is 3.62. The van der Waals surface area contributed by atoms with Crippen molar-refractivity contribution in [2.24, 2.45) is 0 Å². The van der Waals surface area contributed by atoms with Crippen molar-refractivity contribution in [2.75, 3.05) is 19.8 Å². The van der Waals surface area contributed by atoms with Crippen molar-refractivity contribution >= 4 is 38.9 Å². The molecule has 0 unspecified atom stereocenters. The van der Waals surface area contributed by atoms with E-state index in [9.17, 15) is 4.79 Å². The molecule has 0 N–H and O–H groups in total. The molecular weight excluding hydrogens is 294 g/mol. The number of carbonyl (C=O) groups excluding carboxylic acids is 1. The highest BCUT2D eigenvalue weighted by molar-refractivity contribution is 7.21. The van der Waals surface area contributed by atoms with Crippen LogP contribution in [0.25, 0.3) is 10.1 Å². The lowest BCUT2D eigenvalue weighted by Gasteiger charge is -2.41. The fourth-order valence-corrected chi connectivity index (χ4v) is 3.97. The van der Waals surface area contributed by atoms with Crippen LogP contribution < -0.4 is 0 Å². The van der Waals surface area contributed by atoms with Crippen LogP contribution in [0.1, 0.15) is 23.5 Å². The molecule has 0 spiro atoms. The van der Waals surface area contributed by atoms with Crippen LogP contribution in [0.2, 0.25) is 5.02 Å². The topological polar surface area (TPSA) is 29.5 Å². The Morgan fingerprint density at radius 1 is 1.40 bits per heavy atom. The molecule has 0 atom stereocenters. The second kappa shape index (κ2) is 5.02. The van der Waals surface area contributed by atoms with Crippen LogP contribution in [0.3, 0.4) is 0 Å². The molecular formula is C15H16ClNO2S. The highest BCUT2D eigenvalue weighted by Gasteiger charge is 2.36. The monoisotopic (exact) mass is 309 g/mol. The van der Waals surface area contributed by atoms with E-state index in [-0.39, 0.29) is 11.4 Å². The Kier molecular flexibility index (Phi) is 3.48. The van der Waals surface area contributed by atoms with E-state index >= 15 is 0 Å². The first-order valence-electron chi connectivity index (χ1n) is 6.57. The smallest absolute Gasteiger partial charge is 0.266 e. The highest BCUT2D eigenvalue weighted by atomic mass is 35.5. The minimum atomic E-state index is -0.297. The molecule has 0 aliphatic carbocycles. The Morgan fingerprint density at radius 2 is 2.15 bits per heavy atom. The molecule has 0 radical (unpaired) electrons. The SMILES string of the molecule is CC1(C)COCCN1C(=O)c1sc2ccccc2c1Cl. The second-order valence-electron chi connectivity index (χ2n) is 5.56. The molecule has 0 saturated carbocycles. The van der Waals surface area contributed by atoms with Gasteiger partial charge in [0.1, 0.15) is 4.88 Å². The molecule has 1 amide bonds. The number of rotatable bonds is 1. The molecule has 0 bridgehead atoms. The summed E-state index contributed by atoms with van der Waals surface area (Å²) >= 11 is 7.86. The Morgan fingerprint density at radius 3 is 2.85 bits per heavy atom. The standard InChI is InChI=1S/C15H16ClNO2S/c1-15(2)9-19-8-7-17(15)14(18)13-12(16)10-5-3-4-6-11(10)20-13/h3-6H,7-9H2,1-2H3. The third kappa shape index (κ3) is 2.22. The van der Waals surface area contributed by atoms with Gasteiger partial charge in [0.25, 0.3) is 5.91 Å². The molecule has 1 fully saturated rings.